The van der Waals surface area contributed by atoms with Crippen molar-refractivity contribution in [2.45, 2.75) is 32.4 Å². The molecule has 0 saturated carbocycles. The van der Waals surface area contributed by atoms with E-state index in [4.69, 9.17) is 0 Å². The Labute approximate surface area is 111 Å². The van der Waals surface area contributed by atoms with Crippen molar-refractivity contribution < 1.29 is 14.0 Å². The van der Waals surface area contributed by atoms with E-state index in [-0.39, 0.29) is 24.2 Å². The second-order valence-electron chi connectivity index (χ2n) is 4.73. The summed E-state index contributed by atoms with van der Waals surface area (Å²) in [5.41, 5.74) is 0.819. The van der Waals surface area contributed by atoms with Gasteiger partial charge in [0.1, 0.15) is 11.9 Å². The first kappa shape index (κ1) is 13.5. The van der Waals surface area contributed by atoms with Gasteiger partial charge in [-0.25, -0.2) is 4.39 Å². The lowest BCUT2D eigenvalue weighted by molar-refractivity contribution is -0.145. The van der Waals surface area contributed by atoms with Crippen LogP contribution in [0.25, 0.3) is 0 Å². The Hall–Kier alpha value is -1.91. The molecule has 1 atom stereocenters. The minimum Gasteiger partial charge on any atom is -0.343 e. The third kappa shape index (κ3) is 3.30. The van der Waals surface area contributed by atoms with Crippen LogP contribution in [0.4, 0.5) is 4.39 Å². The summed E-state index contributed by atoms with van der Waals surface area (Å²) in [4.78, 5) is 25.3. The van der Waals surface area contributed by atoms with Gasteiger partial charge in [-0.3, -0.25) is 9.59 Å². The third-order valence-corrected chi connectivity index (χ3v) is 3.14. The zero-order valence-electron chi connectivity index (χ0n) is 10.9. The zero-order valence-corrected chi connectivity index (χ0v) is 10.9. The molecule has 102 valence electrons. The Bertz CT molecular complexity index is 473. The largest absolute Gasteiger partial charge is 0.343 e. The highest BCUT2D eigenvalue weighted by Gasteiger charge is 2.31. The van der Waals surface area contributed by atoms with Gasteiger partial charge >= 0.3 is 0 Å². The summed E-state index contributed by atoms with van der Waals surface area (Å²) in [5.74, 6) is -0.513. The maximum absolute atomic E-state index is 12.8. The first-order valence-electron chi connectivity index (χ1n) is 6.42. The Morgan fingerprint density at radius 2 is 2.00 bits per heavy atom. The molecule has 0 aromatic heterocycles. The van der Waals surface area contributed by atoms with Crippen LogP contribution in [0.15, 0.2) is 24.3 Å². The molecule has 1 aliphatic heterocycles. The van der Waals surface area contributed by atoms with Gasteiger partial charge in [0.25, 0.3) is 0 Å². The summed E-state index contributed by atoms with van der Waals surface area (Å²) < 4.78 is 12.8. The van der Waals surface area contributed by atoms with Gasteiger partial charge in [-0.05, 0) is 24.1 Å². The Morgan fingerprint density at radius 3 is 2.63 bits per heavy atom. The number of benzene rings is 1. The van der Waals surface area contributed by atoms with Crippen LogP contribution in [0, 0.1) is 5.82 Å². The zero-order chi connectivity index (χ0) is 13.8. The van der Waals surface area contributed by atoms with Gasteiger partial charge in [0.15, 0.2) is 0 Å². The average molecular weight is 264 g/mol. The SMILES string of the molecule is CCCC1NC(=O)CN(Cc2ccc(F)cc2)C1=O. The molecule has 1 saturated heterocycles. The lowest BCUT2D eigenvalue weighted by Crippen LogP contribution is -2.57. The van der Waals surface area contributed by atoms with Gasteiger partial charge in [0, 0.05) is 6.54 Å². The van der Waals surface area contributed by atoms with Crippen molar-refractivity contribution in [2.75, 3.05) is 6.54 Å². The van der Waals surface area contributed by atoms with Crippen molar-refractivity contribution in [3.63, 3.8) is 0 Å². The molecule has 4 nitrogen and oxygen atoms in total. The molecule has 1 aromatic rings. The van der Waals surface area contributed by atoms with E-state index in [9.17, 15) is 14.0 Å². The second-order valence-corrected chi connectivity index (χ2v) is 4.73. The van der Waals surface area contributed by atoms with Crippen molar-refractivity contribution in [3.8, 4) is 0 Å². The molecule has 0 spiro atoms. The Kier molecular flexibility index (Phi) is 4.14. The molecule has 1 N–H and O–H groups in total. The highest BCUT2D eigenvalue weighted by molar-refractivity contribution is 5.94. The standard InChI is InChI=1S/C14H17FN2O2/c1-2-3-12-14(19)17(9-13(18)16-12)8-10-4-6-11(15)7-5-10/h4-7,12H,2-3,8-9H2,1H3,(H,16,18). The van der Waals surface area contributed by atoms with Crippen LogP contribution in [-0.2, 0) is 16.1 Å². The molecule has 1 fully saturated rings. The molecule has 0 radical (unpaired) electrons. The minimum atomic E-state index is -0.424. The number of nitrogens with zero attached hydrogens (tertiary/aromatic N) is 1. The molecule has 0 bridgehead atoms. The molecule has 19 heavy (non-hydrogen) atoms. The molecular weight excluding hydrogens is 247 g/mol. The molecule has 1 unspecified atom stereocenters. The number of piperazine rings is 1. The van der Waals surface area contributed by atoms with Gasteiger partial charge in [-0.2, -0.15) is 0 Å². The molecule has 1 aliphatic rings. The minimum absolute atomic E-state index is 0.0641. The second kappa shape index (κ2) is 5.82. The predicted octanol–water partition coefficient (Wildman–Crippen LogP) is 1.45. The molecular formula is C14H17FN2O2. The van der Waals surface area contributed by atoms with Crippen molar-refractivity contribution in [2.24, 2.45) is 0 Å². The van der Waals surface area contributed by atoms with Crippen LogP contribution in [0.3, 0.4) is 0 Å². The van der Waals surface area contributed by atoms with Crippen LogP contribution in [0.5, 0.6) is 0 Å². The quantitative estimate of drug-likeness (QED) is 0.895. The topological polar surface area (TPSA) is 49.4 Å². The summed E-state index contributed by atoms with van der Waals surface area (Å²) in [7, 11) is 0. The fourth-order valence-electron chi connectivity index (χ4n) is 2.20. The van der Waals surface area contributed by atoms with E-state index in [2.05, 4.69) is 5.32 Å². The number of amides is 2. The maximum atomic E-state index is 12.8. The Balaban J connectivity index is 2.07. The number of carbonyl (C=O) groups is 2. The summed E-state index contributed by atoms with van der Waals surface area (Å²) >= 11 is 0. The number of hydrogen-bond acceptors (Lipinski definition) is 2. The smallest absolute Gasteiger partial charge is 0.245 e. The number of rotatable bonds is 4. The van der Waals surface area contributed by atoms with Gasteiger partial charge in [0.2, 0.25) is 11.8 Å². The molecule has 5 heteroatoms. The van der Waals surface area contributed by atoms with Crippen molar-refractivity contribution in [1.82, 2.24) is 10.2 Å². The predicted molar refractivity (Wildman–Crippen MR) is 68.7 cm³/mol. The maximum Gasteiger partial charge on any atom is 0.245 e. The van der Waals surface area contributed by atoms with Crippen LogP contribution >= 0.6 is 0 Å². The number of halogens is 1. The van der Waals surface area contributed by atoms with Crippen LogP contribution < -0.4 is 5.32 Å². The van der Waals surface area contributed by atoms with E-state index < -0.39 is 6.04 Å². The van der Waals surface area contributed by atoms with Crippen LogP contribution in [-0.4, -0.2) is 29.3 Å². The number of nitrogens with one attached hydrogen (secondary N) is 1. The number of hydrogen-bond donors (Lipinski definition) is 1. The molecule has 1 heterocycles. The van der Waals surface area contributed by atoms with E-state index in [1.807, 2.05) is 6.92 Å². The highest BCUT2D eigenvalue weighted by Crippen LogP contribution is 2.12. The van der Waals surface area contributed by atoms with Crippen LogP contribution in [0.1, 0.15) is 25.3 Å². The van der Waals surface area contributed by atoms with E-state index in [0.717, 1.165) is 12.0 Å². The lowest BCUT2D eigenvalue weighted by atomic mass is 10.1. The van der Waals surface area contributed by atoms with Gasteiger partial charge < -0.3 is 10.2 Å². The number of carbonyl (C=O) groups excluding carboxylic acids is 2. The van der Waals surface area contributed by atoms with Crippen molar-refractivity contribution >= 4 is 11.8 Å². The first-order chi connectivity index (χ1) is 9.10. The summed E-state index contributed by atoms with van der Waals surface area (Å²) in [6.07, 6.45) is 1.48. The molecule has 2 rings (SSSR count). The normalized spacial score (nSPS) is 19.5. The van der Waals surface area contributed by atoms with E-state index >= 15 is 0 Å². The first-order valence-corrected chi connectivity index (χ1v) is 6.42. The van der Waals surface area contributed by atoms with Crippen molar-refractivity contribution in [3.05, 3.63) is 35.6 Å². The van der Waals surface area contributed by atoms with Crippen LogP contribution in [0.2, 0.25) is 0 Å². The van der Waals surface area contributed by atoms with Gasteiger partial charge in [-0.1, -0.05) is 25.5 Å². The van der Waals surface area contributed by atoms with Crippen molar-refractivity contribution in [1.29, 1.82) is 0 Å². The highest BCUT2D eigenvalue weighted by atomic mass is 19.1. The van der Waals surface area contributed by atoms with E-state index in [0.29, 0.717) is 13.0 Å². The third-order valence-electron chi connectivity index (χ3n) is 3.14. The van der Waals surface area contributed by atoms with E-state index in [1.54, 1.807) is 12.1 Å². The summed E-state index contributed by atoms with van der Waals surface area (Å²) in [6, 6.07) is 5.54. The molecule has 0 aliphatic carbocycles. The summed E-state index contributed by atoms with van der Waals surface area (Å²) in [5, 5.41) is 2.70. The molecule has 1 aromatic carbocycles. The van der Waals surface area contributed by atoms with E-state index in [1.165, 1.54) is 17.0 Å². The fraction of sp³-hybridized carbons (Fsp3) is 0.429. The monoisotopic (exact) mass is 264 g/mol. The molecule has 2 amide bonds. The van der Waals surface area contributed by atoms with Gasteiger partial charge in [0.05, 0.1) is 6.54 Å². The summed E-state index contributed by atoms with van der Waals surface area (Å²) in [6.45, 7) is 2.38. The lowest BCUT2D eigenvalue weighted by Gasteiger charge is -2.32. The Morgan fingerprint density at radius 1 is 1.32 bits per heavy atom. The van der Waals surface area contributed by atoms with Gasteiger partial charge in [-0.15, -0.1) is 0 Å². The fourth-order valence-corrected chi connectivity index (χ4v) is 2.20. The average Bonchev–Trinajstić information content (AvgIpc) is 2.38.